The summed E-state index contributed by atoms with van der Waals surface area (Å²) in [6.07, 6.45) is 2.95. The van der Waals surface area contributed by atoms with Crippen LogP contribution in [0.5, 0.6) is 0 Å². The van der Waals surface area contributed by atoms with Gasteiger partial charge in [-0.05, 0) is 32.7 Å². The molecule has 1 aliphatic rings. The van der Waals surface area contributed by atoms with Crippen molar-refractivity contribution in [2.45, 2.75) is 44.8 Å². The normalized spacial score (nSPS) is 25.9. The Morgan fingerprint density at radius 3 is 2.75 bits per heavy atom. The molecule has 1 aliphatic heterocycles. The fourth-order valence-corrected chi connectivity index (χ4v) is 1.95. The number of hydrogen-bond donors (Lipinski definition) is 2. The lowest BCUT2D eigenvalue weighted by Gasteiger charge is -2.27. The van der Waals surface area contributed by atoms with Gasteiger partial charge >= 0.3 is 0 Å². The van der Waals surface area contributed by atoms with E-state index in [2.05, 4.69) is 17.6 Å². The predicted molar refractivity (Wildman–Crippen MR) is 67.0 cm³/mol. The molecule has 2 N–H and O–H groups in total. The predicted octanol–water partition coefficient (Wildman–Crippen LogP) is 1.09. The van der Waals surface area contributed by atoms with Crippen LogP contribution in [0.1, 0.15) is 33.1 Å². The van der Waals surface area contributed by atoms with E-state index in [9.17, 15) is 4.79 Å². The highest BCUT2D eigenvalue weighted by molar-refractivity contribution is 5.86. The van der Waals surface area contributed by atoms with Gasteiger partial charge in [0.15, 0.2) is 0 Å². The van der Waals surface area contributed by atoms with Gasteiger partial charge < -0.3 is 15.4 Å². The second-order valence-corrected chi connectivity index (χ2v) is 4.22. The van der Waals surface area contributed by atoms with Gasteiger partial charge in [-0.3, -0.25) is 4.79 Å². The zero-order valence-corrected chi connectivity index (χ0v) is 11.2. The third-order valence-electron chi connectivity index (χ3n) is 3.23. The van der Waals surface area contributed by atoms with E-state index < -0.39 is 0 Å². The highest BCUT2D eigenvalue weighted by Gasteiger charge is 2.38. The van der Waals surface area contributed by atoms with E-state index in [-0.39, 0.29) is 30.0 Å². The molecule has 0 saturated carbocycles. The molecule has 4 nitrogen and oxygen atoms in total. The number of amides is 1. The topological polar surface area (TPSA) is 50.4 Å². The van der Waals surface area contributed by atoms with Gasteiger partial charge in [-0.15, -0.1) is 12.4 Å². The quantitative estimate of drug-likeness (QED) is 0.768. The fourth-order valence-electron chi connectivity index (χ4n) is 1.95. The molecule has 1 rings (SSSR count). The van der Waals surface area contributed by atoms with Crippen molar-refractivity contribution < 1.29 is 9.53 Å². The van der Waals surface area contributed by atoms with Crippen molar-refractivity contribution in [3.63, 3.8) is 0 Å². The van der Waals surface area contributed by atoms with Crippen LogP contribution in [0.3, 0.4) is 0 Å². The van der Waals surface area contributed by atoms with Crippen LogP contribution in [0.25, 0.3) is 0 Å². The maximum atomic E-state index is 12.0. The Hall–Kier alpha value is -0.320. The van der Waals surface area contributed by atoms with E-state index in [4.69, 9.17) is 4.74 Å². The van der Waals surface area contributed by atoms with Crippen LogP contribution in [0.15, 0.2) is 0 Å². The van der Waals surface area contributed by atoms with Crippen LogP contribution in [-0.2, 0) is 9.53 Å². The molecule has 96 valence electrons. The molecule has 1 heterocycles. The zero-order chi connectivity index (χ0) is 11.3. The first-order valence-electron chi connectivity index (χ1n) is 5.70. The average Bonchev–Trinajstić information content (AvgIpc) is 2.75. The summed E-state index contributed by atoms with van der Waals surface area (Å²) in [5.41, 5.74) is -0.326. The summed E-state index contributed by atoms with van der Waals surface area (Å²) in [7, 11) is 1.65. The Labute approximate surface area is 104 Å². The number of rotatable bonds is 5. The first kappa shape index (κ1) is 15.7. The zero-order valence-electron chi connectivity index (χ0n) is 10.3. The molecule has 1 fully saturated rings. The second kappa shape index (κ2) is 7.09. The van der Waals surface area contributed by atoms with Crippen molar-refractivity contribution in [3.05, 3.63) is 0 Å². The van der Waals surface area contributed by atoms with Gasteiger partial charge in [0.1, 0.15) is 0 Å². The lowest BCUT2D eigenvalue weighted by atomic mass is 9.93. The van der Waals surface area contributed by atoms with Gasteiger partial charge in [0, 0.05) is 13.7 Å². The number of carbonyl (C=O) groups excluding carboxylic acids is 1. The molecule has 2 unspecified atom stereocenters. The molecule has 16 heavy (non-hydrogen) atoms. The van der Waals surface area contributed by atoms with Crippen LogP contribution in [0.2, 0.25) is 0 Å². The van der Waals surface area contributed by atoms with Crippen molar-refractivity contribution in [1.82, 2.24) is 10.6 Å². The van der Waals surface area contributed by atoms with Crippen molar-refractivity contribution in [3.8, 4) is 0 Å². The van der Waals surface area contributed by atoms with Crippen LogP contribution < -0.4 is 10.6 Å². The molecule has 0 radical (unpaired) electrons. The number of carbonyl (C=O) groups is 1. The molecule has 0 aliphatic carbocycles. The first-order chi connectivity index (χ1) is 7.14. The van der Waals surface area contributed by atoms with E-state index >= 15 is 0 Å². The molecule has 0 bridgehead atoms. The van der Waals surface area contributed by atoms with Gasteiger partial charge in [-0.25, -0.2) is 0 Å². The monoisotopic (exact) mass is 250 g/mol. The number of nitrogens with one attached hydrogen (secondary N) is 2. The van der Waals surface area contributed by atoms with Crippen molar-refractivity contribution in [1.29, 1.82) is 0 Å². The fraction of sp³-hybridized carbons (Fsp3) is 0.909. The van der Waals surface area contributed by atoms with Crippen LogP contribution in [-0.4, -0.2) is 37.7 Å². The summed E-state index contributed by atoms with van der Waals surface area (Å²) in [6, 6.07) is 0. The maximum Gasteiger partial charge on any atom is 0.240 e. The molecule has 5 heteroatoms. The summed E-state index contributed by atoms with van der Waals surface area (Å²) < 4.78 is 5.09. The molecule has 0 spiro atoms. The van der Waals surface area contributed by atoms with Crippen molar-refractivity contribution in [2.75, 3.05) is 20.2 Å². The number of hydrogen-bond acceptors (Lipinski definition) is 3. The third kappa shape index (κ3) is 3.61. The van der Waals surface area contributed by atoms with Gasteiger partial charge in [0.25, 0.3) is 0 Å². The molecule has 2 atom stereocenters. The largest absolute Gasteiger partial charge is 0.380 e. The summed E-state index contributed by atoms with van der Waals surface area (Å²) in [5.74, 6) is 0.117. The molecular formula is C11H23ClN2O2. The first-order valence-corrected chi connectivity index (χ1v) is 5.70. The summed E-state index contributed by atoms with van der Waals surface area (Å²) in [5, 5.41) is 6.25. The van der Waals surface area contributed by atoms with E-state index in [0.717, 1.165) is 25.8 Å². The minimum atomic E-state index is -0.326. The van der Waals surface area contributed by atoms with E-state index in [1.54, 1.807) is 7.11 Å². The molecule has 1 amide bonds. The van der Waals surface area contributed by atoms with E-state index in [0.29, 0.717) is 6.54 Å². The van der Waals surface area contributed by atoms with Crippen LogP contribution >= 0.6 is 12.4 Å². The summed E-state index contributed by atoms with van der Waals surface area (Å²) >= 11 is 0. The Morgan fingerprint density at radius 2 is 2.31 bits per heavy atom. The average molecular weight is 251 g/mol. The Morgan fingerprint density at radius 1 is 1.62 bits per heavy atom. The highest BCUT2D eigenvalue weighted by Crippen LogP contribution is 2.22. The lowest BCUT2D eigenvalue weighted by molar-refractivity contribution is -0.127. The van der Waals surface area contributed by atoms with Gasteiger partial charge in [-0.2, -0.15) is 0 Å². The molecule has 0 aromatic heterocycles. The van der Waals surface area contributed by atoms with Crippen molar-refractivity contribution >= 4 is 18.3 Å². The van der Waals surface area contributed by atoms with Crippen molar-refractivity contribution in [2.24, 2.45) is 0 Å². The van der Waals surface area contributed by atoms with Gasteiger partial charge in [-0.1, -0.05) is 6.92 Å². The summed E-state index contributed by atoms with van der Waals surface area (Å²) in [4.78, 5) is 12.0. The summed E-state index contributed by atoms with van der Waals surface area (Å²) in [6.45, 7) is 5.53. The Kier molecular flexibility index (Phi) is 6.95. The Balaban J connectivity index is 0.00000225. The number of methoxy groups -OCH3 is 1. The second-order valence-electron chi connectivity index (χ2n) is 4.22. The smallest absolute Gasteiger partial charge is 0.240 e. The van der Waals surface area contributed by atoms with Crippen LogP contribution in [0.4, 0.5) is 0 Å². The van der Waals surface area contributed by atoms with E-state index in [1.807, 2.05) is 6.92 Å². The molecule has 1 saturated heterocycles. The SMILES string of the molecule is CCC1(C(=O)NCC(C)OC)CCCN1.Cl. The standard InChI is InChI=1S/C11H22N2O2.ClH/c1-4-11(6-5-7-13-11)10(14)12-8-9(2)15-3;/h9,13H,4-8H2,1-3H3,(H,12,14);1H. The molecule has 0 aromatic rings. The minimum absolute atomic E-state index is 0. The lowest BCUT2D eigenvalue weighted by Crippen LogP contribution is -2.54. The van der Waals surface area contributed by atoms with Gasteiger partial charge in [0.05, 0.1) is 11.6 Å². The Bertz CT molecular complexity index is 218. The third-order valence-corrected chi connectivity index (χ3v) is 3.23. The number of halogens is 1. The molecule has 0 aromatic carbocycles. The maximum absolute atomic E-state index is 12.0. The number of ether oxygens (including phenoxy) is 1. The van der Waals surface area contributed by atoms with Gasteiger partial charge in [0.2, 0.25) is 5.91 Å². The van der Waals surface area contributed by atoms with E-state index in [1.165, 1.54) is 0 Å². The molecular weight excluding hydrogens is 228 g/mol. The minimum Gasteiger partial charge on any atom is -0.380 e. The highest BCUT2D eigenvalue weighted by atomic mass is 35.5. The van der Waals surface area contributed by atoms with Crippen LogP contribution in [0, 0.1) is 0 Å².